The van der Waals surface area contributed by atoms with Crippen molar-refractivity contribution in [3.63, 3.8) is 0 Å². The molecule has 0 aliphatic rings. The summed E-state index contributed by atoms with van der Waals surface area (Å²) in [5.41, 5.74) is 0. The fourth-order valence-corrected chi connectivity index (χ4v) is 1.55. The monoisotopic (exact) mass is 464 g/mol. The lowest BCUT2D eigenvalue weighted by molar-refractivity contribution is -0.347. The maximum Gasteiger partial charge on any atom is 0.392 e. The molecule has 30 heavy (non-hydrogen) atoms. The Morgan fingerprint density at radius 2 is 0.867 bits per heavy atom. The van der Waals surface area contributed by atoms with E-state index in [1.807, 2.05) is 0 Å². The van der Waals surface area contributed by atoms with Crippen LogP contribution in [0.2, 0.25) is 0 Å². The third-order valence-electron chi connectivity index (χ3n) is 3.33. The SMILES string of the molecule is O=C(O)[C@H](CO)NC(=O)C(F)(F)C(F)(F)C(F)(F)C(F)(F)C(=O)N[C@H](CO)C(=O)O. The summed E-state index contributed by atoms with van der Waals surface area (Å²) in [6.07, 6.45) is 0. The van der Waals surface area contributed by atoms with Crippen LogP contribution in [0.1, 0.15) is 0 Å². The molecule has 0 saturated heterocycles. The van der Waals surface area contributed by atoms with Crippen molar-refractivity contribution >= 4 is 23.8 Å². The molecule has 0 aliphatic carbocycles. The first-order valence-corrected chi connectivity index (χ1v) is 7.13. The molecule has 0 aromatic rings. The molecule has 0 spiro atoms. The van der Waals surface area contributed by atoms with Crippen LogP contribution in [0.15, 0.2) is 0 Å². The summed E-state index contributed by atoms with van der Waals surface area (Å²) in [5.74, 6) is -39.8. The van der Waals surface area contributed by atoms with E-state index in [0.29, 0.717) is 10.6 Å². The standard InChI is InChI=1S/C12H12F8N2O8/c13-9(14,7(29)21-3(1-23)5(25)26)11(17,18)12(19,20)10(15,16)8(30)22-4(2-24)6(27)28/h3-4,23-24H,1-2H2,(H,21,29)(H,22,30)(H,25,26)(H,27,28)/t3-,4+. The van der Waals surface area contributed by atoms with Gasteiger partial charge in [0.1, 0.15) is 0 Å². The quantitative estimate of drug-likeness (QED) is 0.204. The predicted octanol–water partition coefficient (Wildman–Crippen LogP) is -1.35. The highest BCUT2D eigenvalue weighted by atomic mass is 19.4. The minimum atomic E-state index is -7.35. The Morgan fingerprint density at radius 1 is 0.633 bits per heavy atom. The average Bonchev–Trinajstić information content (AvgIpc) is 2.62. The van der Waals surface area contributed by atoms with E-state index in [4.69, 9.17) is 20.4 Å². The van der Waals surface area contributed by atoms with E-state index in [-0.39, 0.29) is 0 Å². The van der Waals surface area contributed by atoms with Crippen LogP contribution in [0.3, 0.4) is 0 Å². The number of carboxylic acid groups (broad SMARTS) is 2. The van der Waals surface area contributed by atoms with Crippen molar-refractivity contribution in [1.29, 1.82) is 0 Å². The van der Waals surface area contributed by atoms with Gasteiger partial charge in [-0.05, 0) is 0 Å². The van der Waals surface area contributed by atoms with Crippen LogP contribution in [-0.4, -0.2) is 93.2 Å². The molecule has 174 valence electrons. The first-order valence-electron chi connectivity index (χ1n) is 7.13. The van der Waals surface area contributed by atoms with Gasteiger partial charge in [0, 0.05) is 0 Å². The van der Waals surface area contributed by atoms with Crippen molar-refractivity contribution in [3.8, 4) is 0 Å². The molecule has 18 heteroatoms. The normalized spacial score (nSPS) is 15.1. The second-order valence-electron chi connectivity index (χ2n) is 5.39. The number of nitrogens with one attached hydrogen (secondary N) is 2. The number of aliphatic hydroxyl groups is 2. The van der Waals surface area contributed by atoms with Crippen LogP contribution in [0.4, 0.5) is 35.1 Å². The van der Waals surface area contributed by atoms with E-state index in [0.717, 1.165) is 0 Å². The van der Waals surface area contributed by atoms with Crippen molar-refractivity contribution in [2.24, 2.45) is 0 Å². The number of carbonyl (C=O) groups is 4. The summed E-state index contributed by atoms with van der Waals surface area (Å²) in [6, 6.07) is -5.42. The van der Waals surface area contributed by atoms with Crippen molar-refractivity contribution in [1.82, 2.24) is 10.6 Å². The van der Waals surface area contributed by atoms with Gasteiger partial charge < -0.3 is 31.1 Å². The van der Waals surface area contributed by atoms with Crippen molar-refractivity contribution in [2.75, 3.05) is 13.2 Å². The summed E-state index contributed by atoms with van der Waals surface area (Å²) in [5, 5.41) is 34.9. The number of halogens is 8. The van der Waals surface area contributed by atoms with Gasteiger partial charge in [0.15, 0.2) is 12.1 Å². The number of alkyl halides is 8. The van der Waals surface area contributed by atoms with Crippen LogP contribution in [0.5, 0.6) is 0 Å². The van der Waals surface area contributed by atoms with Gasteiger partial charge in [0.25, 0.3) is 11.8 Å². The average molecular weight is 464 g/mol. The van der Waals surface area contributed by atoms with Gasteiger partial charge in [-0.1, -0.05) is 0 Å². The second kappa shape index (κ2) is 8.94. The Kier molecular flexibility index (Phi) is 8.12. The molecule has 0 fully saturated rings. The topological polar surface area (TPSA) is 173 Å². The predicted molar refractivity (Wildman–Crippen MR) is 73.1 cm³/mol. The third kappa shape index (κ3) is 4.69. The first kappa shape index (κ1) is 27.2. The molecule has 2 atom stereocenters. The minimum absolute atomic E-state index is 0.514. The molecule has 0 saturated carbocycles. The Balaban J connectivity index is 6.01. The summed E-state index contributed by atoms with van der Waals surface area (Å²) in [7, 11) is 0. The van der Waals surface area contributed by atoms with E-state index < -0.39 is 72.7 Å². The van der Waals surface area contributed by atoms with Crippen LogP contribution in [0, 0.1) is 0 Å². The molecule has 0 bridgehead atoms. The molecule has 2 amide bonds. The minimum Gasteiger partial charge on any atom is -0.480 e. The summed E-state index contributed by atoms with van der Waals surface area (Å²) >= 11 is 0. The molecule has 0 radical (unpaired) electrons. The highest BCUT2D eigenvalue weighted by molar-refractivity contribution is 5.91. The number of aliphatic hydroxyl groups excluding tert-OH is 2. The number of rotatable bonds is 11. The van der Waals surface area contributed by atoms with Gasteiger partial charge in [0.05, 0.1) is 13.2 Å². The van der Waals surface area contributed by atoms with Crippen molar-refractivity contribution in [2.45, 2.75) is 35.8 Å². The Morgan fingerprint density at radius 3 is 1.03 bits per heavy atom. The number of hydrogen-bond donors (Lipinski definition) is 6. The maximum atomic E-state index is 13.6. The van der Waals surface area contributed by atoms with Gasteiger partial charge in [-0.15, -0.1) is 0 Å². The molecule has 0 aromatic carbocycles. The van der Waals surface area contributed by atoms with E-state index in [1.54, 1.807) is 0 Å². The molecule has 0 rings (SSSR count). The zero-order valence-electron chi connectivity index (χ0n) is 14.0. The van der Waals surface area contributed by atoms with Crippen molar-refractivity contribution < 1.29 is 74.7 Å². The molecule has 0 aromatic heterocycles. The Labute approximate surface area is 159 Å². The summed E-state index contributed by atoms with van der Waals surface area (Å²) in [6.45, 7) is -3.37. The lowest BCUT2D eigenvalue weighted by Gasteiger charge is -2.35. The molecular weight excluding hydrogens is 452 g/mol. The van der Waals surface area contributed by atoms with Gasteiger partial charge in [-0.3, -0.25) is 9.59 Å². The largest absolute Gasteiger partial charge is 0.480 e. The van der Waals surface area contributed by atoms with Crippen LogP contribution >= 0.6 is 0 Å². The van der Waals surface area contributed by atoms with E-state index in [1.165, 1.54) is 0 Å². The van der Waals surface area contributed by atoms with Gasteiger partial charge >= 0.3 is 35.6 Å². The number of amides is 2. The zero-order chi connectivity index (χ0) is 24.3. The molecule has 0 heterocycles. The lowest BCUT2D eigenvalue weighted by atomic mass is 9.97. The molecule has 6 N–H and O–H groups in total. The molecule has 10 nitrogen and oxygen atoms in total. The second-order valence-corrected chi connectivity index (χ2v) is 5.39. The van der Waals surface area contributed by atoms with Crippen LogP contribution in [-0.2, 0) is 19.2 Å². The van der Waals surface area contributed by atoms with E-state index in [2.05, 4.69) is 0 Å². The molecule has 0 unspecified atom stereocenters. The number of hydrogen-bond acceptors (Lipinski definition) is 6. The van der Waals surface area contributed by atoms with Crippen LogP contribution < -0.4 is 10.6 Å². The first-order chi connectivity index (χ1) is 13.3. The fraction of sp³-hybridized carbons (Fsp3) is 0.667. The van der Waals surface area contributed by atoms with Gasteiger partial charge in [0.2, 0.25) is 0 Å². The lowest BCUT2D eigenvalue weighted by Crippen LogP contribution is -2.70. The highest BCUT2D eigenvalue weighted by Crippen LogP contribution is 2.52. The van der Waals surface area contributed by atoms with Crippen molar-refractivity contribution in [3.05, 3.63) is 0 Å². The number of aliphatic carboxylic acids is 2. The fourth-order valence-electron chi connectivity index (χ4n) is 1.55. The Bertz CT molecular complexity index is 644. The van der Waals surface area contributed by atoms with Crippen LogP contribution in [0.25, 0.3) is 0 Å². The van der Waals surface area contributed by atoms with E-state index in [9.17, 15) is 54.3 Å². The number of carbonyl (C=O) groups excluding carboxylic acids is 2. The van der Waals surface area contributed by atoms with Gasteiger partial charge in [-0.25, -0.2) is 9.59 Å². The maximum absolute atomic E-state index is 13.6. The smallest absolute Gasteiger partial charge is 0.392 e. The third-order valence-corrected chi connectivity index (χ3v) is 3.33. The summed E-state index contributed by atoms with van der Waals surface area (Å²) < 4.78 is 109. The molecule has 0 aliphatic heterocycles. The zero-order valence-corrected chi connectivity index (χ0v) is 14.0. The molecular formula is C12H12F8N2O8. The summed E-state index contributed by atoms with van der Waals surface area (Å²) in [4.78, 5) is 43.2. The highest BCUT2D eigenvalue weighted by Gasteiger charge is 2.84. The van der Waals surface area contributed by atoms with Gasteiger partial charge in [-0.2, -0.15) is 35.1 Å². The Hall–Kier alpha value is -2.76. The van der Waals surface area contributed by atoms with E-state index >= 15 is 0 Å². The number of carboxylic acids is 2.